The lowest BCUT2D eigenvalue weighted by Gasteiger charge is -2.11. The molecule has 0 N–H and O–H groups in total. The summed E-state index contributed by atoms with van der Waals surface area (Å²) in [7, 11) is 4.08. The van der Waals surface area contributed by atoms with Crippen LogP contribution in [0.2, 0.25) is 0 Å². The molecule has 78 valence electrons. The minimum atomic E-state index is 0.730. The molecule has 0 radical (unpaired) electrons. The van der Waals surface area contributed by atoms with Gasteiger partial charge in [0.05, 0.1) is 0 Å². The molecule has 14 heavy (non-hydrogen) atoms. The largest absolute Gasteiger partial charge is 0.492 e. The second-order valence-electron chi connectivity index (χ2n) is 3.56. The van der Waals surface area contributed by atoms with E-state index in [-0.39, 0.29) is 0 Å². The number of rotatable bonds is 4. The molecule has 2 nitrogen and oxygen atoms in total. The van der Waals surface area contributed by atoms with Gasteiger partial charge in [-0.3, -0.25) is 0 Å². The molecule has 0 atom stereocenters. The first-order valence-corrected chi connectivity index (χ1v) is 5.42. The fraction of sp³-hybridized carbons (Fsp3) is 0.455. The van der Waals surface area contributed by atoms with Gasteiger partial charge < -0.3 is 9.64 Å². The molecule has 1 aromatic rings. The van der Waals surface area contributed by atoms with Crippen molar-refractivity contribution in [2.75, 3.05) is 27.2 Å². The van der Waals surface area contributed by atoms with Crippen LogP contribution in [-0.4, -0.2) is 32.1 Å². The zero-order valence-corrected chi connectivity index (χ0v) is 10.5. The van der Waals surface area contributed by atoms with Gasteiger partial charge in [-0.15, -0.1) is 0 Å². The lowest BCUT2D eigenvalue weighted by Crippen LogP contribution is -2.19. The van der Waals surface area contributed by atoms with Crippen LogP contribution in [0.3, 0.4) is 0 Å². The monoisotopic (exact) mass is 257 g/mol. The first-order chi connectivity index (χ1) is 6.59. The molecule has 1 rings (SSSR count). The van der Waals surface area contributed by atoms with Crippen LogP contribution in [-0.2, 0) is 0 Å². The third-order valence-corrected chi connectivity index (χ3v) is 2.83. The Morgan fingerprint density at radius 2 is 2.07 bits per heavy atom. The van der Waals surface area contributed by atoms with Crippen molar-refractivity contribution in [2.24, 2.45) is 0 Å². The molecular formula is C11H16BrNO. The Morgan fingerprint density at radius 1 is 1.36 bits per heavy atom. The number of likely N-dealkylation sites (N-methyl/N-ethyl adjacent to an activating group) is 1. The summed E-state index contributed by atoms with van der Waals surface area (Å²) in [5, 5.41) is 0. The van der Waals surface area contributed by atoms with E-state index in [2.05, 4.69) is 27.8 Å². The van der Waals surface area contributed by atoms with Gasteiger partial charge in [-0.2, -0.15) is 0 Å². The first kappa shape index (κ1) is 11.5. The van der Waals surface area contributed by atoms with E-state index in [0.717, 1.165) is 23.4 Å². The van der Waals surface area contributed by atoms with E-state index in [1.54, 1.807) is 0 Å². The molecule has 0 spiro atoms. The Bertz CT molecular complexity index is 299. The fourth-order valence-electron chi connectivity index (χ4n) is 1.05. The highest BCUT2D eigenvalue weighted by atomic mass is 79.9. The standard InChI is InChI=1S/C11H16BrNO/c1-9-8-10(4-5-11(9)12)14-7-6-13(2)3/h4-5,8H,6-7H2,1-3H3. The van der Waals surface area contributed by atoms with Crippen LogP contribution in [0, 0.1) is 6.92 Å². The van der Waals surface area contributed by atoms with Crippen LogP contribution >= 0.6 is 15.9 Å². The zero-order valence-electron chi connectivity index (χ0n) is 8.88. The van der Waals surface area contributed by atoms with Gasteiger partial charge in [-0.1, -0.05) is 15.9 Å². The first-order valence-electron chi connectivity index (χ1n) is 4.63. The van der Waals surface area contributed by atoms with Crippen molar-refractivity contribution < 1.29 is 4.74 Å². The van der Waals surface area contributed by atoms with Gasteiger partial charge in [-0.25, -0.2) is 0 Å². The van der Waals surface area contributed by atoms with Crippen molar-refractivity contribution >= 4 is 15.9 Å². The quantitative estimate of drug-likeness (QED) is 0.823. The Morgan fingerprint density at radius 3 is 2.64 bits per heavy atom. The van der Waals surface area contributed by atoms with Gasteiger partial charge >= 0.3 is 0 Å². The smallest absolute Gasteiger partial charge is 0.119 e. The lowest BCUT2D eigenvalue weighted by atomic mass is 10.2. The highest BCUT2D eigenvalue weighted by Crippen LogP contribution is 2.21. The molecule has 0 bridgehead atoms. The third-order valence-electron chi connectivity index (χ3n) is 1.94. The average Bonchev–Trinajstić information content (AvgIpc) is 2.10. The molecule has 0 aliphatic rings. The molecule has 0 saturated carbocycles. The van der Waals surface area contributed by atoms with Crippen molar-refractivity contribution in [2.45, 2.75) is 6.92 Å². The molecule has 0 aliphatic carbocycles. The molecule has 0 aliphatic heterocycles. The predicted molar refractivity (Wildman–Crippen MR) is 62.9 cm³/mol. The third kappa shape index (κ3) is 3.68. The van der Waals surface area contributed by atoms with E-state index >= 15 is 0 Å². The highest BCUT2D eigenvalue weighted by Gasteiger charge is 1.98. The summed E-state index contributed by atoms with van der Waals surface area (Å²) in [6, 6.07) is 6.03. The summed E-state index contributed by atoms with van der Waals surface area (Å²) in [5.74, 6) is 0.938. The van der Waals surface area contributed by atoms with Crippen molar-refractivity contribution in [1.29, 1.82) is 0 Å². The predicted octanol–water partition coefficient (Wildman–Crippen LogP) is 2.70. The van der Waals surface area contributed by atoms with Crippen molar-refractivity contribution in [1.82, 2.24) is 4.90 Å². The number of hydrogen-bond donors (Lipinski definition) is 0. The molecule has 3 heteroatoms. The maximum absolute atomic E-state index is 5.59. The van der Waals surface area contributed by atoms with Gasteiger partial charge in [0.15, 0.2) is 0 Å². The topological polar surface area (TPSA) is 12.5 Å². The summed E-state index contributed by atoms with van der Waals surface area (Å²) >= 11 is 3.46. The van der Waals surface area contributed by atoms with Crippen LogP contribution in [0.1, 0.15) is 5.56 Å². The summed E-state index contributed by atoms with van der Waals surface area (Å²) in [6.07, 6.45) is 0. The van der Waals surface area contributed by atoms with Crippen molar-refractivity contribution in [3.8, 4) is 5.75 Å². The molecule has 0 amide bonds. The van der Waals surface area contributed by atoms with Gasteiger partial charge in [0.25, 0.3) is 0 Å². The molecule has 1 aromatic carbocycles. The van der Waals surface area contributed by atoms with E-state index in [0.29, 0.717) is 0 Å². The van der Waals surface area contributed by atoms with Gasteiger partial charge in [0, 0.05) is 11.0 Å². The average molecular weight is 258 g/mol. The minimum Gasteiger partial charge on any atom is -0.492 e. The second kappa shape index (κ2) is 5.37. The summed E-state index contributed by atoms with van der Waals surface area (Å²) in [4.78, 5) is 2.10. The molecule has 0 unspecified atom stereocenters. The SMILES string of the molecule is Cc1cc(OCCN(C)C)ccc1Br. The van der Waals surface area contributed by atoms with E-state index in [1.165, 1.54) is 5.56 Å². The maximum Gasteiger partial charge on any atom is 0.119 e. The van der Waals surface area contributed by atoms with Crippen molar-refractivity contribution in [3.63, 3.8) is 0 Å². The number of ether oxygens (including phenoxy) is 1. The van der Waals surface area contributed by atoms with Crippen LogP contribution < -0.4 is 4.74 Å². The summed E-state index contributed by atoms with van der Waals surface area (Å²) < 4.78 is 6.71. The number of aryl methyl sites for hydroxylation is 1. The van der Waals surface area contributed by atoms with E-state index < -0.39 is 0 Å². The Labute approximate surface area is 94.0 Å². The second-order valence-corrected chi connectivity index (χ2v) is 4.42. The molecule has 0 saturated heterocycles. The van der Waals surface area contributed by atoms with E-state index in [4.69, 9.17) is 4.74 Å². The van der Waals surface area contributed by atoms with E-state index in [1.807, 2.05) is 32.3 Å². The molecule has 0 fully saturated rings. The summed E-state index contributed by atoms with van der Waals surface area (Å²) in [6.45, 7) is 3.73. The summed E-state index contributed by atoms with van der Waals surface area (Å²) in [5.41, 5.74) is 1.20. The van der Waals surface area contributed by atoms with Gasteiger partial charge in [0.2, 0.25) is 0 Å². The highest BCUT2D eigenvalue weighted by molar-refractivity contribution is 9.10. The van der Waals surface area contributed by atoms with Gasteiger partial charge in [-0.05, 0) is 44.8 Å². The maximum atomic E-state index is 5.59. The minimum absolute atomic E-state index is 0.730. The number of halogens is 1. The Balaban J connectivity index is 2.47. The Kier molecular flexibility index (Phi) is 4.42. The van der Waals surface area contributed by atoms with Crippen LogP contribution in [0.5, 0.6) is 5.75 Å². The van der Waals surface area contributed by atoms with Gasteiger partial charge in [0.1, 0.15) is 12.4 Å². The van der Waals surface area contributed by atoms with Crippen LogP contribution in [0.15, 0.2) is 22.7 Å². The van der Waals surface area contributed by atoms with E-state index in [9.17, 15) is 0 Å². The molecular weight excluding hydrogens is 242 g/mol. The number of benzene rings is 1. The zero-order chi connectivity index (χ0) is 10.6. The molecule has 0 heterocycles. The number of nitrogens with zero attached hydrogens (tertiary/aromatic N) is 1. The fourth-order valence-corrected chi connectivity index (χ4v) is 1.30. The number of hydrogen-bond acceptors (Lipinski definition) is 2. The molecule has 0 aromatic heterocycles. The normalized spacial score (nSPS) is 10.6. The Hall–Kier alpha value is -0.540. The van der Waals surface area contributed by atoms with Crippen molar-refractivity contribution in [3.05, 3.63) is 28.2 Å². The van der Waals surface area contributed by atoms with Crippen LogP contribution in [0.25, 0.3) is 0 Å². The van der Waals surface area contributed by atoms with Crippen LogP contribution in [0.4, 0.5) is 0 Å². The lowest BCUT2D eigenvalue weighted by molar-refractivity contribution is 0.261.